The van der Waals surface area contributed by atoms with Crippen molar-refractivity contribution in [3.05, 3.63) is 28.8 Å². The van der Waals surface area contributed by atoms with Crippen LogP contribution >= 0.6 is 0 Å². The molecule has 1 heterocycles. The number of carbonyl (C=O) groups excluding carboxylic acids is 1. The van der Waals surface area contributed by atoms with E-state index >= 15 is 0 Å². The molecule has 3 nitrogen and oxygen atoms in total. The van der Waals surface area contributed by atoms with E-state index in [1.807, 2.05) is 0 Å². The molecular weight excluding hydrogens is 326 g/mol. The monoisotopic (exact) mass is 336 g/mol. The van der Waals surface area contributed by atoms with Crippen molar-refractivity contribution < 1.29 is 31.1 Å². The van der Waals surface area contributed by atoms with Crippen LogP contribution in [0.25, 0.3) is 0 Å². The summed E-state index contributed by atoms with van der Waals surface area (Å²) in [5.74, 6) is -2.62. The third kappa shape index (κ3) is 3.41. The summed E-state index contributed by atoms with van der Waals surface area (Å²) < 4.78 is 76.8. The van der Waals surface area contributed by atoms with E-state index < -0.39 is 29.3 Å². The molecule has 0 spiro atoms. The van der Waals surface area contributed by atoms with Crippen LogP contribution in [0.2, 0.25) is 0 Å². The summed E-state index contributed by atoms with van der Waals surface area (Å²) in [5.41, 5.74) is -3.71. The Bertz CT molecular complexity index is 666. The topological polar surface area (TPSA) is 44.1 Å². The van der Waals surface area contributed by atoms with Gasteiger partial charge in [-0.05, 0) is 25.0 Å². The summed E-state index contributed by atoms with van der Waals surface area (Å²) in [6, 6.07) is 2.41. The standard InChI is InChI=1S/C14H10F6N2O/c15-13(16,17)10-6-11(22-3-1-2-4-22)8(7-21)5-9(10)12(23)14(18,19)20/h5-6H,1-4H2. The summed E-state index contributed by atoms with van der Waals surface area (Å²) in [4.78, 5) is 12.8. The summed E-state index contributed by atoms with van der Waals surface area (Å²) in [6.07, 6.45) is -9.19. The van der Waals surface area contributed by atoms with Gasteiger partial charge in [0.05, 0.1) is 16.8 Å². The minimum absolute atomic E-state index is 0.101. The molecule has 0 atom stereocenters. The second kappa shape index (κ2) is 5.76. The van der Waals surface area contributed by atoms with E-state index in [4.69, 9.17) is 5.26 Å². The minimum Gasteiger partial charge on any atom is -0.370 e. The zero-order valence-electron chi connectivity index (χ0n) is 11.6. The van der Waals surface area contributed by atoms with Crippen LogP contribution in [0.1, 0.15) is 34.3 Å². The lowest BCUT2D eigenvalue weighted by Crippen LogP contribution is -2.27. The van der Waals surface area contributed by atoms with Gasteiger partial charge in [0.1, 0.15) is 6.07 Å². The number of benzene rings is 1. The van der Waals surface area contributed by atoms with Crippen LogP contribution in [0.3, 0.4) is 0 Å². The number of hydrogen-bond donors (Lipinski definition) is 0. The van der Waals surface area contributed by atoms with Gasteiger partial charge in [0.2, 0.25) is 0 Å². The van der Waals surface area contributed by atoms with Gasteiger partial charge in [-0.2, -0.15) is 31.6 Å². The van der Waals surface area contributed by atoms with Crippen LogP contribution in [0.5, 0.6) is 0 Å². The molecule has 1 saturated heterocycles. The van der Waals surface area contributed by atoms with E-state index in [1.54, 1.807) is 6.07 Å². The predicted molar refractivity (Wildman–Crippen MR) is 68.0 cm³/mol. The molecule has 0 bridgehead atoms. The first-order valence-electron chi connectivity index (χ1n) is 6.57. The Morgan fingerprint density at radius 1 is 1.09 bits per heavy atom. The first-order valence-corrected chi connectivity index (χ1v) is 6.57. The summed E-state index contributed by atoms with van der Waals surface area (Å²) >= 11 is 0. The fourth-order valence-corrected chi connectivity index (χ4v) is 2.47. The number of anilines is 1. The van der Waals surface area contributed by atoms with Gasteiger partial charge in [0.15, 0.2) is 0 Å². The highest BCUT2D eigenvalue weighted by Gasteiger charge is 2.45. The molecular formula is C14H10F6N2O. The molecule has 0 saturated carbocycles. The first-order chi connectivity index (χ1) is 10.6. The molecule has 0 aliphatic carbocycles. The van der Waals surface area contributed by atoms with E-state index in [2.05, 4.69) is 0 Å². The smallest absolute Gasteiger partial charge is 0.370 e. The molecule has 1 aromatic rings. The van der Waals surface area contributed by atoms with Crippen molar-refractivity contribution in [1.29, 1.82) is 5.26 Å². The second-order valence-electron chi connectivity index (χ2n) is 5.05. The van der Waals surface area contributed by atoms with Crippen molar-refractivity contribution in [2.45, 2.75) is 25.2 Å². The highest BCUT2D eigenvalue weighted by molar-refractivity contribution is 6.02. The number of nitrogens with zero attached hydrogens (tertiary/aromatic N) is 2. The van der Waals surface area contributed by atoms with Crippen molar-refractivity contribution in [3.63, 3.8) is 0 Å². The number of hydrogen-bond acceptors (Lipinski definition) is 3. The molecule has 23 heavy (non-hydrogen) atoms. The number of halogens is 6. The maximum Gasteiger partial charge on any atom is 0.454 e. The number of Topliss-reactive ketones (excluding diaryl/α,β-unsaturated/α-hetero) is 1. The Kier molecular flexibility index (Phi) is 4.28. The zero-order chi connectivity index (χ0) is 17.4. The van der Waals surface area contributed by atoms with Crippen LogP contribution in [0.15, 0.2) is 12.1 Å². The summed E-state index contributed by atoms with van der Waals surface area (Å²) in [7, 11) is 0. The SMILES string of the molecule is N#Cc1cc(C(=O)C(F)(F)F)c(C(F)(F)F)cc1N1CCCC1. The van der Waals surface area contributed by atoms with Crippen molar-refractivity contribution in [1.82, 2.24) is 0 Å². The Balaban J connectivity index is 2.67. The number of rotatable bonds is 2. The normalized spacial score (nSPS) is 15.6. The molecule has 0 amide bonds. The molecule has 9 heteroatoms. The summed E-state index contributed by atoms with van der Waals surface area (Å²) in [6.45, 7) is 0.803. The fourth-order valence-electron chi connectivity index (χ4n) is 2.47. The van der Waals surface area contributed by atoms with Crippen molar-refractivity contribution in [2.75, 3.05) is 18.0 Å². The van der Waals surface area contributed by atoms with Gasteiger partial charge < -0.3 is 4.90 Å². The van der Waals surface area contributed by atoms with E-state index in [0.717, 1.165) is 0 Å². The van der Waals surface area contributed by atoms with Gasteiger partial charge in [-0.25, -0.2) is 0 Å². The predicted octanol–water partition coefficient (Wildman–Crippen LogP) is 3.92. The molecule has 1 aliphatic rings. The third-order valence-electron chi connectivity index (χ3n) is 3.51. The maximum absolute atomic E-state index is 13.1. The number of ketones is 1. The molecule has 0 radical (unpaired) electrons. The zero-order valence-corrected chi connectivity index (χ0v) is 11.6. The van der Waals surface area contributed by atoms with E-state index in [1.165, 1.54) is 4.90 Å². The van der Waals surface area contributed by atoms with Crippen LogP contribution in [-0.4, -0.2) is 25.0 Å². The maximum atomic E-state index is 13.1. The van der Waals surface area contributed by atoms with Crippen molar-refractivity contribution >= 4 is 11.5 Å². The number of carbonyl (C=O) groups is 1. The first kappa shape index (κ1) is 17.1. The number of nitriles is 1. The lowest BCUT2D eigenvalue weighted by molar-refractivity contribution is -0.138. The Morgan fingerprint density at radius 2 is 1.65 bits per heavy atom. The minimum atomic E-state index is -5.46. The summed E-state index contributed by atoms with van der Waals surface area (Å²) in [5, 5.41) is 9.03. The van der Waals surface area contributed by atoms with Gasteiger partial charge in [-0.1, -0.05) is 0 Å². The van der Waals surface area contributed by atoms with E-state index in [0.29, 0.717) is 38.1 Å². The highest BCUT2D eigenvalue weighted by atomic mass is 19.4. The Labute approximate surface area is 127 Å². The average molecular weight is 336 g/mol. The lowest BCUT2D eigenvalue weighted by atomic mass is 9.97. The quantitative estimate of drug-likeness (QED) is 0.607. The van der Waals surface area contributed by atoms with Crippen LogP contribution in [0, 0.1) is 11.3 Å². The van der Waals surface area contributed by atoms with Gasteiger partial charge in [-0.15, -0.1) is 0 Å². The molecule has 2 rings (SSSR count). The average Bonchev–Trinajstić information content (AvgIpc) is 2.97. The van der Waals surface area contributed by atoms with Gasteiger partial charge >= 0.3 is 12.4 Å². The highest BCUT2D eigenvalue weighted by Crippen LogP contribution is 2.39. The van der Waals surface area contributed by atoms with Crippen LogP contribution in [0.4, 0.5) is 32.0 Å². The number of alkyl halides is 6. The molecule has 124 valence electrons. The Morgan fingerprint density at radius 3 is 2.09 bits per heavy atom. The van der Waals surface area contributed by atoms with Gasteiger partial charge in [-0.3, -0.25) is 4.79 Å². The molecule has 1 fully saturated rings. The molecule has 0 unspecified atom stereocenters. The van der Waals surface area contributed by atoms with E-state index in [9.17, 15) is 31.1 Å². The van der Waals surface area contributed by atoms with Crippen molar-refractivity contribution in [3.8, 4) is 6.07 Å². The van der Waals surface area contributed by atoms with Crippen molar-refractivity contribution in [2.24, 2.45) is 0 Å². The van der Waals surface area contributed by atoms with Gasteiger partial charge in [0.25, 0.3) is 5.78 Å². The van der Waals surface area contributed by atoms with Crippen LogP contribution < -0.4 is 4.90 Å². The van der Waals surface area contributed by atoms with E-state index in [-0.39, 0.29) is 11.3 Å². The molecule has 1 aromatic carbocycles. The largest absolute Gasteiger partial charge is 0.454 e. The Hall–Kier alpha value is -2.24. The van der Waals surface area contributed by atoms with Crippen LogP contribution in [-0.2, 0) is 6.18 Å². The lowest BCUT2D eigenvalue weighted by Gasteiger charge is -2.22. The second-order valence-corrected chi connectivity index (χ2v) is 5.05. The fraction of sp³-hybridized carbons (Fsp3) is 0.429. The molecule has 0 aromatic heterocycles. The molecule has 0 N–H and O–H groups in total. The third-order valence-corrected chi connectivity index (χ3v) is 3.51. The molecule has 1 aliphatic heterocycles. The van der Waals surface area contributed by atoms with Gasteiger partial charge in [0, 0.05) is 18.7 Å².